The SMILES string of the molecule is CN(C)C(=O)c1cc(CC(=O)OCC2(C(=O)O)CCCc3ccccc32)ccc1NC(=O)c1ccccc1-c1ccc(C(F)(F)F)cc1. The van der Waals surface area contributed by atoms with Crippen molar-refractivity contribution in [2.45, 2.75) is 37.3 Å². The lowest BCUT2D eigenvalue weighted by Crippen LogP contribution is -2.44. The molecular weight excluding hydrogens is 625 g/mol. The molecule has 5 rings (SSSR count). The Morgan fingerprint density at radius 3 is 2.27 bits per heavy atom. The first-order chi connectivity index (χ1) is 22.8. The Morgan fingerprint density at radius 2 is 1.58 bits per heavy atom. The fourth-order valence-electron chi connectivity index (χ4n) is 5.97. The molecule has 4 aromatic rings. The first-order valence-electron chi connectivity index (χ1n) is 15.2. The van der Waals surface area contributed by atoms with Crippen LogP contribution in [0.3, 0.4) is 0 Å². The maximum atomic E-state index is 13.5. The van der Waals surface area contributed by atoms with Crippen LogP contribution in [0.1, 0.15) is 55.8 Å². The average Bonchev–Trinajstić information content (AvgIpc) is 3.07. The van der Waals surface area contributed by atoms with E-state index < -0.39 is 40.9 Å². The van der Waals surface area contributed by atoms with Gasteiger partial charge in [0.15, 0.2) is 0 Å². The van der Waals surface area contributed by atoms with Gasteiger partial charge in [-0.25, -0.2) is 0 Å². The maximum absolute atomic E-state index is 13.5. The van der Waals surface area contributed by atoms with Gasteiger partial charge in [-0.2, -0.15) is 13.2 Å². The Balaban J connectivity index is 1.35. The van der Waals surface area contributed by atoms with Crippen molar-refractivity contribution < 1.29 is 42.2 Å². The first kappa shape index (κ1) is 33.9. The Bertz CT molecular complexity index is 1870. The number of aryl methyl sites for hydroxylation is 1. The minimum atomic E-state index is -4.50. The number of carboxylic acid groups (broad SMARTS) is 1. The van der Waals surface area contributed by atoms with Gasteiger partial charge in [-0.3, -0.25) is 19.2 Å². The standard InChI is InChI=1S/C37H33F3N2O6/c1-42(2)34(45)29-20-23(21-32(43)48-22-36(35(46)47)19-7-9-25-8-3-6-12-30(25)36)13-18-31(29)41-33(44)28-11-5-4-10-27(28)24-14-16-26(17-15-24)37(38,39)40/h3-6,8,10-18,20H,7,9,19,21-22H2,1-2H3,(H,41,44)(H,46,47). The maximum Gasteiger partial charge on any atom is 0.416 e. The number of anilines is 1. The highest BCUT2D eigenvalue weighted by molar-refractivity contribution is 6.11. The molecule has 248 valence electrons. The molecule has 4 aromatic carbocycles. The van der Waals surface area contributed by atoms with Crippen LogP contribution >= 0.6 is 0 Å². The number of benzene rings is 4. The number of esters is 1. The highest BCUT2D eigenvalue weighted by Crippen LogP contribution is 2.38. The van der Waals surface area contributed by atoms with Crippen LogP contribution in [0.2, 0.25) is 0 Å². The van der Waals surface area contributed by atoms with Crippen molar-refractivity contribution in [2.75, 3.05) is 26.0 Å². The Kier molecular flexibility index (Phi) is 9.69. The summed E-state index contributed by atoms with van der Waals surface area (Å²) >= 11 is 0. The van der Waals surface area contributed by atoms with Crippen LogP contribution in [0.4, 0.5) is 18.9 Å². The van der Waals surface area contributed by atoms with Crippen LogP contribution in [-0.2, 0) is 38.8 Å². The zero-order chi connectivity index (χ0) is 34.6. The second kappa shape index (κ2) is 13.7. The van der Waals surface area contributed by atoms with Gasteiger partial charge in [0.25, 0.3) is 11.8 Å². The minimum absolute atomic E-state index is 0.0916. The number of alkyl halides is 3. The molecule has 0 heterocycles. The summed E-state index contributed by atoms with van der Waals surface area (Å²) in [5, 5.41) is 12.9. The molecule has 1 aliphatic carbocycles. The summed E-state index contributed by atoms with van der Waals surface area (Å²) in [4.78, 5) is 53.5. The van der Waals surface area contributed by atoms with Crippen molar-refractivity contribution in [2.24, 2.45) is 0 Å². The zero-order valence-electron chi connectivity index (χ0n) is 26.3. The quantitative estimate of drug-likeness (QED) is 0.192. The van der Waals surface area contributed by atoms with Gasteiger partial charge in [-0.1, -0.05) is 60.7 Å². The summed E-state index contributed by atoms with van der Waals surface area (Å²) < 4.78 is 44.8. The molecule has 8 nitrogen and oxygen atoms in total. The van der Waals surface area contributed by atoms with Gasteiger partial charge in [0.2, 0.25) is 0 Å². The van der Waals surface area contributed by atoms with E-state index in [1.165, 1.54) is 49.3 Å². The lowest BCUT2D eigenvalue weighted by molar-refractivity contribution is -0.153. The van der Waals surface area contributed by atoms with Crippen molar-refractivity contribution >= 4 is 29.4 Å². The van der Waals surface area contributed by atoms with E-state index in [4.69, 9.17) is 4.74 Å². The van der Waals surface area contributed by atoms with Gasteiger partial charge in [0.05, 0.1) is 23.2 Å². The molecule has 0 spiro atoms. The third-order valence-electron chi connectivity index (χ3n) is 8.48. The second-order valence-corrected chi connectivity index (χ2v) is 11.9. The van der Waals surface area contributed by atoms with E-state index in [9.17, 15) is 37.5 Å². The lowest BCUT2D eigenvalue weighted by atomic mass is 9.70. The highest BCUT2D eigenvalue weighted by Gasteiger charge is 2.45. The van der Waals surface area contributed by atoms with Crippen molar-refractivity contribution in [3.8, 4) is 11.1 Å². The van der Waals surface area contributed by atoms with Gasteiger partial charge in [-0.05, 0) is 77.4 Å². The number of carbonyl (C=O) groups is 4. The van der Waals surface area contributed by atoms with Crippen LogP contribution in [-0.4, -0.2) is 54.5 Å². The van der Waals surface area contributed by atoms with E-state index in [0.29, 0.717) is 35.1 Å². The number of halogens is 3. The molecule has 0 bridgehead atoms. The summed E-state index contributed by atoms with van der Waals surface area (Å²) in [6.45, 7) is -0.339. The van der Waals surface area contributed by atoms with Crippen molar-refractivity contribution in [3.63, 3.8) is 0 Å². The van der Waals surface area contributed by atoms with Gasteiger partial charge < -0.3 is 20.1 Å². The van der Waals surface area contributed by atoms with Crippen molar-refractivity contribution in [1.82, 2.24) is 4.90 Å². The largest absolute Gasteiger partial charge is 0.480 e. The fraction of sp³-hybridized carbons (Fsp3) is 0.243. The number of hydrogen-bond acceptors (Lipinski definition) is 5. The molecule has 0 radical (unpaired) electrons. The lowest BCUT2D eigenvalue weighted by Gasteiger charge is -2.34. The molecule has 0 fully saturated rings. The van der Waals surface area contributed by atoms with Crippen molar-refractivity contribution in [1.29, 1.82) is 0 Å². The number of carbonyl (C=O) groups excluding carboxylic acids is 3. The van der Waals surface area contributed by atoms with E-state index in [-0.39, 0.29) is 29.8 Å². The smallest absolute Gasteiger partial charge is 0.416 e. The molecule has 0 saturated carbocycles. The Labute approximate surface area is 275 Å². The van der Waals surface area contributed by atoms with E-state index in [1.807, 2.05) is 12.1 Å². The monoisotopic (exact) mass is 658 g/mol. The predicted molar refractivity (Wildman–Crippen MR) is 173 cm³/mol. The fourth-order valence-corrected chi connectivity index (χ4v) is 5.97. The predicted octanol–water partition coefficient (Wildman–Crippen LogP) is 6.77. The number of fused-ring (bicyclic) bond motifs is 1. The van der Waals surface area contributed by atoms with E-state index in [0.717, 1.165) is 24.1 Å². The van der Waals surface area contributed by atoms with Crippen LogP contribution < -0.4 is 5.32 Å². The van der Waals surface area contributed by atoms with Gasteiger partial charge in [0, 0.05) is 19.7 Å². The molecule has 1 aliphatic rings. The van der Waals surface area contributed by atoms with Gasteiger partial charge in [0.1, 0.15) is 12.0 Å². The molecule has 48 heavy (non-hydrogen) atoms. The topological polar surface area (TPSA) is 113 Å². The molecule has 11 heteroatoms. The molecule has 0 aromatic heterocycles. The summed E-state index contributed by atoms with van der Waals surface area (Å²) in [5.74, 6) is -2.80. The molecule has 0 saturated heterocycles. The van der Waals surface area contributed by atoms with Crippen LogP contribution in [0, 0.1) is 0 Å². The molecule has 2 N–H and O–H groups in total. The number of hydrogen-bond donors (Lipinski definition) is 2. The van der Waals surface area contributed by atoms with Crippen LogP contribution in [0.15, 0.2) is 91.0 Å². The zero-order valence-corrected chi connectivity index (χ0v) is 26.3. The third-order valence-corrected chi connectivity index (χ3v) is 8.48. The molecule has 2 amide bonds. The normalized spacial score (nSPS) is 15.6. The van der Waals surface area contributed by atoms with Crippen molar-refractivity contribution in [3.05, 3.63) is 124 Å². The number of rotatable bonds is 9. The van der Waals surface area contributed by atoms with Gasteiger partial charge in [-0.15, -0.1) is 0 Å². The van der Waals surface area contributed by atoms with E-state index in [2.05, 4.69) is 5.32 Å². The number of ether oxygens (including phenoxy) is 1. The molecule has 1 atom stereocenters. The Morgan fingerprint density at radius 1 is 0.896 bits per heavy atom. The summed E-state index contributed by atoms with van der Waals surface area (Å²) in [7, 11) is 3.06. The number of nitrogens with zero attached hydrogens (tertiary/aromatic N) is 1. The van der Waals surface area contributed by atoms with Gasteiger partial charge >= 0.3 is 18.1 Å². The molecular formula is C37H33F3N2O6. The summed E-state index contributed by atoms with van der Waals surface area (Å²) in [6, 6.07) is 22.6. The van der Waals surface area contributed by atoms with Crippen LogP contribution in [0.25, 0.3) is 11.1 Å². The first-order valence-corrected chi connectivity index (χ1v) is 15.2. The Hall–Kier alpha value is -5.45. The van der Waals surface area contributed by atoms with Crippen LogP contribution in [0.5, 0.6) is 0 Å². The van der Waals surface area contributed by atoms with E-state index >= 15 is 0 Å². The summed E-state index contributed by atoms with van der Waals surface area (Å²) in [5.41, 5.74) is 0.981. The number of carboxylic acids is 1. The van der Waals surface area contributed by atoms with E-state index in [1.54, 1.807) is 36.4 Å². The average molecular weight is 659 g/mol. The second-order valence-electron chi connectivity index (χ2n) is 11.9. The molecule has 1 unspecified atom stereocenters. The molecule has 0 aliphatic heterocycles. The number of nitrogens with one attached hydrogen (secondary N) is 1. The summed E-state index contributed by atoms with van der Waals surface area (Å²) in [6.07, 6.45) is -3.05. The number of aliphatic carboxylic acids is 1. The highest BCUT2D eigenvalue weighted by atomic mass is 19.4. The minimum Gasteiger partial charge on any atom is -0.480 e. The third kappa shape index (κ3) is 7.10. The number of amides is 2.